The molecule has 0 aliphatic heterocycles. The van der Waals surface area contributed by atoms with Crippen molar-refractivity contribution in [3.05, 3.63) is 43.5 Å². The molecule has 2 aromatic rings. The number of benzene rings is 1. The second-order valence-electron chi connectivity index (χ2n) is 3.75. The van der Waals surface area contributed by atoms with E-state index in [0.29, 0.717) is 22.1 Å². The van der Waals surface area contributed by atoms with Gasteiger partial charge in [-0.25, -0.2) is 0 Å². The maximum atomic E-state index is 10.5. The molecule has 1 atom stereocenters. The molecule has 1 unspecified atom stereocenters. The molecule has 6 heteroatoms. The monoisotopic (exact) mass is 362 g/mol. The molecule has 3 nitrogen and oxygen atoms in total. The van der Waals surface area contributed by atoms with Crippen molar-refractivity contribution in [2.75, 3.05) is 14.2 Å². The summed E-state index contributed by atoms with van der Waals surface area (Å²) >= 11 is 10.7. The van der Waals surface area contributed by atoms with Gasteiger partial charge in [-0.15, -0.1) is 11.3 Å². The van der Waals surface area contributed by atoms with Gasteiger partial charge in [0, 0.05) is 4.88 Å². The fourth-order valence-corrected chi connectivity index (χ4v) is 3.53. The van der Waals surface area contributed by atoms with Crippen molar-refractivity contribution >= 4 is 38.9 Å². The third-order valence-corrected chi connectivity index (χ3v) is 5.20. The Labute approximate surface area is 128 Å². The number of hydrogen-bond donors (Lipinski definition) is 1. The second-order valence-corrected chi connectivity index (χ2v) is 6.56. The van der Waals surface area contributed by atoms with Gasteiger partial charge in [-0.05, 0) is 34.1 Å². The van der Waals surface area contributed by atoms with Crippen molar-refractivity contribution in [1.82, 2.24) is 0 Å². The largest absolute Gasteiger partial charge is 0.496 e. The third-order valence-electron chi connectivity index (χ3n) is 2.67. The highest BCUT2D eigenvalue weighted by Crippen LogP contribution is 2.42. The van der Waals surface area contributed by atoms with Gasteiger partial charge < -0.3 is 14.6 Å². The van der Waals surface area contributed by atoms with Crippen molar-refractivity contribution in [3.63, 3.8) is 0 Å². The Morgan fingerprint density at radius 1 is 1.26 bits per heavy atom. The van der Waals surface area contributed by atoms with Gasteiger partial charge in [0.1, 0.15) is 17.6 Å². The summed E-state index contributed by atoms with van der Waals surface area (Å²) in [6.07, 6.45) is -0.847. The Hall–Kier alpha value is -0.750. The lowest BCUT2D eigenvalue weighted by Crippen LogP contribution is -2.03. The smallest absolute Gasteiger partial charge is 0.128 e. The summed E-state index contributed by atoms with van der Waals surface area (Å²) in [5, 5.41) is 11.1. The number of thiophene rings is 1. The van der Waals surface area contributed by atoms with Gasteiger partial charge in [0.15, 0.2) is 0 Å². The van der Waals surface area contributed by atoms with Gasteiger partial charge >= 0.3 is 0 Å². The number of ether oxygens (including phenoxy) is 2. The number of aliphatic hydroxyl groups excluding tert-OH is 1. The van der Waals surface area contributed by atoms with Crippen LogP contribution in [-0.2, 0) is 0 Å². The quantitative estimate of drug-likeness (QED) is 0.882. The predicted octanol–water partition coefficient (Wildman–Crippen LogP) is 4.26. The molecule has 0 saturated carbocycles. The van der Waals surface area contributed by atoms with Crippen LogP contribution in [0, 0.1) is 0 Å². The van der Waals surface area contributed by atoms with Gasteiger partial charge in [-0.1, -0.05) is 17.7 Å². The van der Waals surface area contributed by atoms with Crippen molar-refractivity contribution in [2.45, 2.75) is 6.10 Å². The molecule has 0 fully saturated rings. The zero-order valence-electron chi connectivity index (χ0n) is 10.3. The van der Waals surface area contributed by atoms with Crippen molar-refractivity contribution in [1.29, 1.82) is 0 Å². The van der Waals surface area contributed by atoms with Crippen LogP contribution in [0.15, 0.2) is 28.1 Å². The highest BCUT2D eigenvalue weighted by Gasteiger charge is 2.22. The molecule has 1 aromatic carbocycles. The molecule has 102 valence electrons. The maximum absolute atomic E-state index is 10.5. The number of halogens is 2. The second kappa shape index (κ2) is 6.13. The molecule has 0 radical (unpaired) electrons. The van der Waals surface area contributed by atoms with Crippen molar-refractivity contribution < 1.29 is 14.6 Å². The minimum Gasteiger partial charge on any atom is -0.496 e. The number of hydrogen-bond acceptors (Lipinski definition) is 4. The molecule has 19 heavy (non-hydrogen) atoms. The Morgan fingerprint density at radius 2 is 1.84 bits per heavy atom. The van der Waals surface area contributed by atoms with Gasteiger partial charge in [0.25, 0.3) is 0 Å². The molecule has 0 aliphatic carbocycles. The van der Waals surface area contributed by atoms with Crippen LogP contribution in [0.4, 0.5) is 0 Å². The van der Waals surface area contributed by atoms with Crippen molar-refractivity contribution in [3.8, 4) is 11.5 Å². The highest BCUT2D eigenvalue weighted by molar-refractivity contribution is 9.11. The molecule has 1 aromatic heterocycles. The van der Waals surface area contributed by atoms with Gasteiger partial charge in [-0.3, -0.25) is 0 Å². The summed E-state index contributed by atoms with van der Waals surface area (Å²) in [5.74, 6) is 1.15. The first-order chi connectivity index (χ1) is 9.08. The first-order valence-electron chi connectivity index (χ1n) is 5.42. The summed E-state index contributed by atoms with van der Waals surface area (Å²) in [6, 6.07) is 7.11. The van der Waals surface area contributed by atoms with Crippen LogP contribution >= 0.6 is 38.9 Å². The molecular formula is C13H12BrClO3S. The van der Waals surface area contributed by atoms with Crippen LogP contribution in [0.3, 0.4) is 0 Å². The van der Waals surface area contributed by atoms with Gasteiger partial charge in [0.2, 0.25) is 0 Å². The zero-order valence-corrected chi connectivity index (χ0v) is 13.5. The number of methoxy groups -OCH3 is 2. The Morgan fingerprint density at radius 3 is 2.26 bits per heavy atom. The van der Waals surface area contributed by atoms with E-state index < -0.39 is 6.10 Å². The molecule has 1 heterocycles. The molecule has 0 saturated heterocycles. The lowest BCUT2D eigenvalue weighted by Gasteiger charge is -2.17. The van der Waals surface area contributed by atoms with E-state index in [0.717, 1.165) is 8.66 Å². The third kappa shape index (κ3) is 2.89. The minimum atomic E-state index is -0.847. The van der Waals surface area contributed by atoms with E-state index in [2.05, 4.69) is 15.9 Å². The van der Waals surface area contributed by atoms with E-state index in [9.17, 15) is 5.11 Å². The normalized spacial score (nSPS) is 12.3. The van der Waals surface area contributed by atoms with Crippen LogP contribution in [0.1, 0.15) is 16.5 Å². The molecular weight excluding hydrogens is 352 g/mol. The van der Waals surface area contributed by atoms with E-state index in [4.69, 9.17) is 21.1 Å². The fourth-order valence-electron chi connectivity index (χ4n) is 1.79. The summed E-state index contributed by atoms with van der Waals surface area (Å²) in [5.41, 5.74) is 0.595. The summed E-state index contributed by atoms with van der Waals surface area (Å²) in [4.78, 5) is 0.722. The fraction of sp³-hybridized carbons (Fsp3) is 0.231. The van der Waals surface area contributed by atoms with Crippen LogP contribution in [0.5, 0.6) is 11.5 Å². The molecule has 1 N–H and O–H groups in total. The maximum Gasteiger partial charge on any atom is 0.128 e. The van der Waals surface area contributed by atoms with Gasteiger partial charge in [0.05, 0.1) is 28.6 Å². The van der Waals surface area contributed by atoms with E-state index in [1.54, 1.807) is 32.4 Å². The first-order valence-corrected chi connectivity index (χ1v) is 7.41. The van der Waals surface area contributed by atoms with E-state index >= 15 is 0 Å². The first kappa shape index (κ1) is 14.7. The summed E-state index contributed by atoms with van der Waals surface area (Å²) in [7, 11) is 3.12. The number of aliphatic hydroxyl groups is 1. The Bertz CT molecular complexity index is 544. The molecule has 0 aliphatic rings. The average molecular weight is 364 g/mol. The topological polar surface area (TPSA) is 38.7 Å². The molecule has 2 rings (SSSR count). The standard InChI is InChI=1S/C13H12BrClO3S/c1-17-8-4-3-5-9(18-2)11(8)12(16)10-6-7(15)13(14)19-10/h3-6,12,16H,1-2H3. The van der Waals surface area contributed by atoms with E-state index in [1.807, 2.05) is 6.07 Å². The van der Waals surface area contributed by atoms with E-state index in [-0.39, 0.29) is 0 Å². The SMILES string of the molecule is COc1cccc(OC)c1C(O)c1cc(Cl)c(Br)s1. The van der Waals surface area contributed by atoms with E-state index in [1.165, 1.54) is 11.3 Å². The zero-order chi connectivity index (χ0) is 14.0. The number of rotatable bonds is 4. The van der Waals surface area contributed by atoms with Crippen LogP contribution in [-0.4, -0.2) is 19.3 Å². The van der Waals surface area contributed by atoms with Crippen LogP contribution < -0.4 is 9.47 Å². The highest BCUT2D eigenvalue weighted by atomic mass is 79.9. The summed E-state index contributed by atoms with van der Waals surface area (Å²) < 4.78 is 11.4. The van der Waals surface area contributed by atoms with Gasteiger partial charge in [-0.2, -0.15) is 0 Å². The summed E-state index contributed by atoms with van der Waals surface area (Å²) in [6.45, 7) is 0. The average Bonchev–Trinajstić information content (AvgIpc) is 2.76. The lowest BCUT2D eigenvalue weighted by atomic mass is 10.1. The molecule has 0 bridgehead atoms. The van der Waals surface area contributed by atoms with Crippen molar-refractivity contribution in [2.24, 2.45) is 0 Å². The van der Waals surface area contributed by atoms with Crippen LogP contribution in [0.25, 0.3) is 0 Å². The predicted molar refractivity (Wildman–Crippen MR) is 80.6 cm³/mol. The molecule has 0 amide bonds. The Kier molecular flexibility index (Phi) is 4.73. The van der Waals surface area contributed by atoms with Crippen LogP contribution in [0.2, 0.25) is 5.02 Å². The Balaban J connectivity index is 2.50. The minimum absolute atomic E-state index is 0.576. The molecule has 0 spiro atoms. The lowest BCUT2D eigenvalue weighted by molar-refractivity contribution is 0.212.